The number of rotatable bonds is 3. The molecular formula is C10H13N3O. The number of aliphatic imine (C=N–C) groups is 1. The summed E-state index contributed by atoms with van der Waals surface area (Å²) in [5.41, 5.74) is 1.38. The fourth-order valence-electron chi connectivity index (χ4n) is 1.01. The average molecular weight is 191 g/mol. The molecular weight excluding hydrogens is 178 g/mol. The highest BCUT2D eigenvalue weighted by Crippen LogP contribution is 2.14. The Morgan fingerprint density at radius 3 is 2.79 bits per heavy atom. The Bertz CT molecular complexity index is 434. The Labute approximate surface area is 82.1 Å². The number of nitrogens with zero attached hydrogens (tertiary/aromatic N) is 1. The number of allylic oxidation sites excluding steroid dienone is 2. The Morgan fingerprint density at radius 2 is 2.21 bits per heavy atom. The second kappa shape index (κ2) is 4.41. The van der Waals surface area contributed by atoms with E-state index >= 15 is 0 Å². The van der Waals surface area contributed by atoms with E-state index in [1.807, 2.05) is 13.0 Å². The van der Waals surface area contributed by atoms with E-state index in [-0.39, 0.29) is 5.69 Å². The quantitative estimate of drug-likeness (QED) is 0.557. The van der Waals surface area contributed by atoms with Crippen LogP contribution >= 0.6 is 0 Å². The van der Waals surface area contributed by atoms with Crippen LogP contribution in [0.4, 0.5) is 5.82 Å². The van der Waals surface area contributed by atoms with Crippen molar-refractivity contribution in [2.75, 3.05) is 0 Å². The van der Waals surface area contributed by atoms with Gasteiger partial charge in [0.1, 0.15) is 0 Å². The van der Waals surface area contributed by atoms with Crippen LogP contribution in [0, 0.1) is 0 Å². The van der Waals surface area contributed by atoms with Crippen LogP contribution in [0.1, 0.15) is 19.5 Å². The zero-order valence-electron chi connectivity index (χ0n) is 8.29. The summed E-state index contributed by atoms with van der Waals surface area (Å²) in [7, 11) is 0. The van der Waals surface area contributed by atoms with Gasteiger partial charge in [0, 0.05) is 6.21 Å². The summed E-state index contributed by atoms with van der Waals surface area (Å²) in [6, 6.07) is 0. The zero-order valence-corrected chi connectivity index (χ0v) is 8.29. The minimum Gasteiger partial charge on any atom is -0.304 e. The second-order valence-electron chi connectivity index (χ2n) is 2.82. The van der Waals surface area contributed by atoms with Gasteiger partial charge in [0.15, 0.2) is 5.82 Å². The molecule has 0 amide bonds. The normalized spacial score (nSPS) is 12.3. The lowest BCUT2D eigenvalue weighted by atomic mass is 10.2. The predicted molar refractivity (Wildman–Crippen MR) is 59.1 cm³/mol. The molecule has 0 radical (unpaired) electrons. The van der Waals surface area contributed by atoms with Gasteiger partial charge in [0.2, 0.25) is 0 Å². The highest BCUT2D eigenvalue weighted by Gasteiger charge is 2.01. The van der Waals surface area contributed by atoms with Gasteiger partial charge < -0.3 is 4.98 Å². The zero-order chi connectivity index (χ0) is 10.6. The van der Waals surface area contributed by atoms with E-state index in [0.29, 0.717) is 11.5 Å². The first-order valence-corrected chi connectivity index (χ1v) is 4.29. The molecule has 2 N–H and O–H groups in total. The molecule has 0 aliphatic heterocycles. The molecule has 0 fully saturated rings. The van der Waals surface area contributed by atoms with Gasteiger partial charge in [-0.2, -0.15) is 0 Å². The maximum Gasteiger partial charge on any atom is 0.325 e. The van der Waals surface area contributed by atoms with E-state index in [0.717, 1.165) is 5.57 Å². The Hall–Kier alpha value is -1.84. The maximum atomic E-state index is 11.0. The van der Waals surface area contributed by atoms with Crippen molar-refractivity contribution in [3.8, 4) is 0 Å². The third-order valence-electron chi connectivity index (χ3n) is 1.69. The number of nitrogens with one attached hydrogen (secondary N) is 2. The lowest BCUT2D eigenvalue weighted by molar-refractivity contribution is 1.18. The highest BCUT2D eigenvalue weighted by atomic mass is 16.1. The number of hydrogen-bond acceptors (Lipinski definition) is 2. The highest BCUT2D eigenvalue weighted by molar-refractivity contribution is 5.66. The Balaban J connectivity index is 3.19. The predicted octanol–water partition coefficient (Wildman–Crippen LogP) is 2.01. The summed E-state index contributed by atoms with van der Waals surface area (Å²) in [4.78, 5) is 20.3. The third-order valence-corrected chi connectivity index (χ3v) is 1.69. The minimum atomic E-state index is -0.256. The van der Waals surface area contributed by atoms with Gasteiger partial charge in [-0.15, -0.1) is 0 Å². The van der Waals surface area contributed by atoms with E-state index in [1.54, 1.807) is 19.2 Å². The van der Waals surface area contributed by atoms with Gasteiger partial charge in [-0.3, -0.25) is 4.98 Å². The first-order chi connectivity index (χ1) is 6.67. The molecule has 1 aromatic rings. The molecule has 4 nitrogen and oxygen atoms in total. The molecule has 1 aromatic heterocycles. The molecule has 1 rings (SSSR count). The van der Waals surface area contributed by atoms with E-state index in [1.165, 1.54) is 0 Å². The van der Waals surface area contributed by atoms with Crippen molar-refractivity contribution >= 4 is 18.1 Å². The standard InChI is InChI=1S/C10H13N3O/c1-4-7(3)6-8-9(11-5-2)13-10(14)12-8/h4-6H,1H2,2-3H3,(H2,12,13,14)/b7-6-,11-5?. The van der Waals surface area contributed by atoms with Crippen molar-refractivity contribution in [1.82, 2.24) is 9.97 Å². The molecule has 0 saturated heterocycles. The number of aromatic nitrogens is 2. The van der Waals surface area contributed by atoms with Crippen molar-refractivity contribution in [3.63, 3.8) is 0 Å². The topological polar surface area (TPSA) is 61.0 Å². The van der Waals surface area contributed by atoms with E-state index < -0.39 is 0 Å². The molecule has 0 saturated carbocycles. The van der Waals surface area contributed by atoms with Gasteiger partial charge >= 0.3 is 5.69 Å². The largest absolute Gasteiger partial charge is 0.325 e. The van der Waals surface area contributed by atoms with Crippen LogP contribution in [-0.4, -0.2) is 16.2 Å². The van der Waals surface area contributed by atoms with Crippen molar-refractivity contribution in [2.24, 2.45) is 4.99 Å². The van der Waals surface area contributed by atoms with E-state index in [9.17, 15) is 4.79 Å². The van der Waals surface area contributed by atoms with Crippen LogP contribution in [0.5, 0.6) is 0 Å². The molecule has 0 bridgehead atoms. The van der Waals surface area contributed by atoms with E-state index in [2.05, 4.69) is 21.5 Å². The average Bonchev–Trinajstić information content (AvgIpc) is 2.47. The molecule has 4 heteroatoms. The number of aromatic amines is 2. The lowest BCUT2D eigenvalue weighted by Crippen LogP contribution is -2.00. The number of hydrogen-bond donors (Lipinski definition) is 2. The summed E-state index contributed by atoms with van der Waals surface area (Å²) in [5.74, 6) is 0.540. The first-order valence-electron chi connectivity index (χ1n) is 4.29. The van der Waals surface area contributed by atoms with Gasteiger partial charge in [-0.1, -0.05) is 12.7 Å². The Morgan fingerprint density at radius 1 is 1.50 bits per heavy atom. The minimum absolute atomic E-state index is 0.256. The molecule has 14 heavy (non-hydrogen) atoms. The summed E-state index contributed by atoms with van der Waals surface area (Å²) in [5, 5.41) is 0. The van der Waals surface area contributed by atoms with Gasteiger partial charge in [0.25, 0.3) is 0 Å². The van der Waals surface area contributed by atoms with Crippen LogP contribution in [-0.2, 0) is 0 Å². The first kappa shape index (κ1) is 10.2. The van der Waals surface area contributed by atoms with Crippen LogP contribution < -0.4 is 5.69 Å². The third kappa shape index (κ3) is 2.32. The molecule has 0 unspecified atom stereocenters. The van der Waals surface area contributed by atoms with Gasteiger partial charge in [0.05, 0.1) is 5.69 Å². The summed E-state index contributed by atoms with van der Waals surface area (Å²) in [6.07, 6.45) is 5.15. The summed E-state index contributed by atoms with van der Waals surface area (Å²) < 4.78 is 0. The number of imidazole rings is 1. The van der Waals surface area contributed by atoms with Crippen LogP contribution in [0.3, 0.4) is 0 Å². The second-order valence-corrected chi connectivity index (χ2v) is 2.82. The Kier molecular flexibility index (Phi) is 3.23. The van der Waals surface area contributed by atoms with Gasteiger partial charge in [-0.25, -0.2) is 9.79 Å². The molecule has 0 atom stereocenters. The van der Waals surface area contributed by atoms with Crippen LogP contribution in [0.2, 0.25) is 0 Å². The lowest BCUT2D eigenvalue weighted by Gasteiger charge is -1.92. The fourth-order valence-corrected chi connectivity index (χ4v) is 1.01. The van der Waals surface area contributed by atoms with Crippen molar-refractivity contribution in [3.05, 3.63) is 34.4 Å². The van der Waals surface area contributed by atoms with Crippen molar-refractivity contribution in [2.45, 2.75) is 13.8 Å². The molecule has 0 aromatic carbocycles. The molecule has 0 aliphatic rings. The number of H-pyrrole nitrogens is 2. The smallest absolute Gasteiger partial charge is 0.304 e. The SMILES string of the molecule is C=C/C(C)=C\c1[nH]c(=O)[nH]c1N=CC. The van der Waals surface area contributed by atoms with Crippen molar-refractivity contribution in [1.29, 1.82) is 0 Å². The summed E-state index contributed by atoms with van der Waals surface area (Å²) >= 11 is 0. The molecule has 74 valence electrons. The molecule has 1 heterocycles. The van der Waals surface area contributed by atoms with Crippen LogP contribution in [0.25, 0.3) is 6.08 Å². The van der Waals surface area contributed by atoms with Gasteiger partial charge in [-0.05, 0) is 25.5 Å². The molecule has 0 spiro atoms. The maximum absolute atomic E-state index is 11.0. The summed E-state index contributed by atoms with van der Waals surface area (Å²) in [6.45, 7) is 7.32. The molecule has 0 aliphatic carbocycles. The van der Waals surface area contributed by atoms with Crippen molar-refractivity contribution < 1.29 is 0 Å². The van der Waals surface area contributed by atoms with E-state index in [4.69, 9.17) is 0 Å². The monoisotopic (exact) mass is 191 g/mol. The van der Waals surface area contributed by atoms with Crippen LogP contribution in [0.15, 0.2) is 28.0 Å². The fraction of sp³-hybridized carbons (Fsp3) is 0.200.